The number of ether oxygens (including phenoxy) is 2. The van der Waals surface area contributed by atoms with Crippen LogP contribution in [0, 0.1) is 11.8 Å². The lowest BCUT2D eigenvalue weighted by molar-refractivity contribution is -0.0797. The molecule has 2 aromatic carbocycles. The van der Waals surface area contributed by atoms with E-state index in [1.54, 1.807) is 36.4 Å². The lowest BCUT2D eigenvalue weighted by Gasteiger charge is -2.40. The molecule has 0 radical (unpaired) electrons. The molecule has 248 valence electrons. The molecular weight excluding hydrogens is 588 g/mol. The Balaban J connectivity index is 2.69. The predicted octanol–water partition coefficient (Wildman–Crippen LogP) is 8.80. The van der Waals surface area contributed by atoms with Gasteiger partial charge in [-0.2, -0.15) is 0 Å². The van der Waals surface area contributed by atoms with Crippen LogP contribution >= 0.6 is 0 Å². The van der Waals surface area contributed by atoms with E-state index in [9.17, 15) is 9.59 Å². The molecule has 0 aliphatic carbocycles. The molecule has 0 saturated carbocycles. The minimum absolute atomic E-state index is 0.297. The van der Waals surface area contributed by atoms with E-state index in [4.69, 9.17) is 27.2 Å². The minimum atomic E-state index is -4.25. The Morgan fingerprint density at radius 2 is 1.07 bits per heavy atom. The summed E-state index contributed by atoms with van der Waals surface area (Å²) in [6.45, 7) is 20.0. The van der Waals surface area contributed by atoms with Crippen molar-refractivity contribution in [1.29, 1.82) is 0 Å². The lowest BCUT2D eigenvalue weighted by atomic mass is 9.97. The van der Waals surface area contributed by atoms with Gasteiger partial charge < -0.3 is 27.2 Å². The quantitative estimate of drug-likeness (QED) is 0.0717. The average Bonchev–Trinajstić information content (AvgIpc) is 3.00. The molecule has 0 amide bonds. The van der Waals surface area contributed by atoms with E-state index in [0.717, 1.165) is 38.3 Å². The number of methoxy groups -OCH3 is 2. The zero-order valence-corrected chi connectivity index (χ0v) is 29.4. The first kappa shape index (κ1) is 37.8. The van der Waals surface area contributed by atoms with Crippen molar-refractivity contribution >= 4 is 21.6 Å². The summed E-state index contributed by atoms with van der Waals surface area (Å²) in [6.07, 6.45) is 10.4. The van der Waals surface area contributed by atoms with Gasteiger partial charge in [-0.3, -0.25) is 9.59 Å². The molecule has 0 aromatic heterocycles. The first-order valence-electron chi connectivity index (χ1n) is 15.5. The second-order valence-corrected chi connectivity index (χ2v) is 14.5. The molecular formula is C36H52O8Si. The highest BCUT2D eigenvalue weighted by Crippen LogP contribution is 2.39. The zero-order chi connectivity index (χ0) is 33.7. The normalized spacial score (nSPS) is 13.3. The smallest absolute Gasteiger partial charge is 0.493 e. The fourth-order valence-corrected chi connectivity index (χ4v) is 7.48. The highest BCUT2D eigenvalue weighted by molar-refractivity contribution is 6.55. The van der Waals surface area contributed by atoms with Crippen LogP contribution in [0.1, 0.15) is 101 Å². The molecule has 45 heavy (non-hydrogen) atoms. The number of benzene rings is 2. The van der Waals surface area contributed by atoms with E-state index in [2.05, 4.69) is 27.0 Å². The molecule has 0 aliphatic rings. The number of aldehydes is 2. The summed E-state index contributed by atoms with van der Waals surface area (Å²) in [6, 6.07) is 9.73. The average molecular weight is 641 g/mol. The number of hydrogen-bond acceptors (Lipinski definition) is 8. The van der Waals surface area contributed by atoms with Gasteiger partial charge in [0.1, 0.15) is 12.6 Å². The monoisotopic (exact) mass is 640 g/mol. The Morgan fingerprint density at radius 3 is 1.38 bits per heavy atom. The molecule has 0 bridgehead atoms. The first-order chi connectivity index (χ1) is 21.2. The lowest BCUT2D eigenvalue weighted by Crippen LogP contribution is -2.62. The van der Waals surface area contributed by atoms with Crippen molar-refractivity contribution in [1.82, 2.24) is 0 Å². The summed E-state index contributed by atoms with van der Waals surface area (Å²) in [5, 5.41) is 0. The molecule has 0 aliphatic heterocycles. The zero-order valence-electron chi connectivity index (χ0n) is 28.4. The van der Waals surface area contributed by atoms with Crippen molar-refractivity contribution in [2.75, 3.05) is 14.2 Å². The molecule has 2 atom stereocenters. The molecule has 0 heterocycles. The van der Waals surface area contributed by atoms with Gasteiger partial charge >= 0.3 is 9.05 Å². The van der Waals surface area contributed by atoms with Crippen molar-refractivity contribution in [3.8, 4) is 23.0 Å². The Kier molecular flexibility index (Phi) is 14.6. The topological polar surface area (TPSA) is 89.5 Å². The van der Waals surface area contributed by atoms with Crippen LogP contribution in [-0.2, 0) is 8.85 Å². The van der Waals surface area contributed by atoms with Crippen molar-refractivity contribution < 1.29 is 36.8 Å². The van der Waals surface area contributed by atoms with E-state index < -0.39 is 20.3 Å². The highest BCUT2D eigenvalue weighted by atomic mass is 28.4. The maximum absolute atomic E-state index is 11.5. The van der Waals surface area contributed by atoms with Gasteiger partial charge in [-0.1, -0.05) is 38.8 Å². The molecule has 8 nitrogen and oxygen atoms in total. The third kappa shape index (κ3) is 12.1. The Labute approximate surface area is 271 Å². The highest BCUT2D eigenvalue weighted by Gasteiger charge is 2.59. The third-order valence-electron chi connectivity index (χ3n) is 7.60. The SMILES string of the molecule is C=CC(C)CCCC(C)(C)O[Si](Oc1ccc(C=O)cc1OC)(Oc1ccc(C=O)cc1OC)OC(C)(C)CCCC(C)C=C. The van der Waals surface area contributed by atoms with Crippen LogP contribution in [0.3, 0.4) is 0 Å². The molecule has 2 unspecified atom stereocenters. The number of carbonyl (C=O) groups is 2. The molecule has 9 heteroatoms. The standard InChI is InChI=1S/C36H52O8Si/c1-11-27(3)15-13-21-35(5,6)43-45(44-36(7,8)22-14-16-28(4)12-2,41-31-19-17-29(25-37)23-33(31)39-9)42-32-20-18-30(26-38)24-34(32)40-10/h11-12,17-20,23-28H,1-2,13-16,21-22H2,3-10H3. The fourth-order valence-electron chi connectivity index (χ4n) is 4.79. The number of rotatable bonds is 22. The van der Waals surface area contributed by atoms with E-state index >= 15 is 0 Å². The van der Waals surface area contributed by atoms with Gasteiger partial charge in [0, 0.05) is 11.1 Å². The van der Waals surface area contributed by atoms with Gasteiger partial charge in [0.15, 0.2) is 23.0 Å². The molecule has 0 spiro atoms. The largest absolute Gasteiger partial charge is 0.821 e. The van der Waals surface area contributed by atoms with Crippen LogP contribution in [0.5, 0.6) is 23.0 Å². The molecule has 0 fully saturated rings. The maximum atomic E-state index is 11.5. The Bertz CT molecular complexity index is 1170. The van der Waals surface area contributed by atoms with Crippen LogP contribution in [0.2, 0.25) is 0 Å². The van der Waals surface area contributed by atoms with Crippen molar-refractivity contribution in [3.05, 3.63) is 72.8 Å². The van der Waals surface area contributed by atoms with Gasteiger partial charge in [-0.15, -0.1) is 13.2 Å². The maximum Gasteiger partial charge on any atom is 0.821 e. The van der Waals surface area contributed by atoms with Crippen LogP contribution in [0.4, 0.5) is 0 Å². The van der Waals surface area contributed by atoms with Crippen LogP contribution < -0.4 is 18.3 Å². The Hall–Kier alpha value is -3.40. The number of carbonyl (C=O) groups excluding carboxylic acids is 2. The first-order valence-corrected chi connectivity index (χ1v) is 17.2. The second-order valence-electron chi connectivity index (χ2n) is 12.7. The second kappa shape index (κ2) is 17.3. The number of allylic oxidation sites excluding steroid dienone is 2. The van der Waals surface area contributed by atoms with E-state index in [0.29, 0.717) is 58.8 Å². The predicted molar refractivity (Wildman–Crippen MR) is 181 cm³/mol. The number of hydrogen-bond donors (Lipinski definition) is 0. The summed E-state index contributed by atoms with van der Waals surface area (Å²) < 4.78 is 38.5. The van der Waals surface area contributed by atoms with Crippen molar-refractivity contribution in [2.24, 2.45) is 11.8 Å². The minimum Gasteiger partial charge on any atom is -0.493 e. The summed E-state index contributed by atoms with van der Waals surface area (Å²) in [4.78, 5) is 23.1. The van der Waals surface area contributed by atoms with Gasteiger partial charge in [-0.05, 0) is 102 Å². The summed E-state index contributed by atoms with van der Waals surface area (Å²) in [5.74, 6) is 1.97. The fraction of sp³-hybridized carbons (Fsp3) is 0.500. The molecule has 0 N–H and O–H groups in total. The van der Waals surface area contributed by atoms with Gasteiger partial charge in [0.25, 0.3) is 0 Å². The van der Waals surface area contributed by atoms with Crippen LogP contribution in [0.25, 0.3) is 0 Å². The van der Waals surface area contributed by atoms with E-state index in [-0.39, 0.29) is 0 Å². The Morgan fingerprint density at radius 1 is 0.689 bits per heavy atom. The van der Waals surface area contributed by atoms with Crippen LogP contribution in [0.15, 0.2) is 61.7 Å². The van der Waals surface area contributed by atoms with Gasteiger partial charge in [0.05, 0.1) is 25.4 Å². The van der Waals surface area contributed by atoms with Gasteiger partial charge in [0.2, 0.25) is 0 Å². The van der Waals surface area contributed by atoms with Crippen molar-refractivity contribution in [2.45, 2.75) is 91.3 Å². The van der Waals surface area contributed by atoms with Crippen molar-refractivity contribution in [3.63, 3.8) is 0 Å². The third-order valence-corrected chi connectivity index (χ3v) is 10.1. The van der Waals surface area contributed by atoms with Crippen LogP contribution in [-0.4, -0.2) is 47.0 Å². The summed E-state index contributed by atoms with van der Waals surface area (Å²) >= 11 is 0. The van der Waals surface area contributed by atoms with E-state index in [1.807, 2.05) is 39.8 Å². The van der Waals surface area contributed by atoms with E-state index in [1.165, 1.54) is 14.2 Å². The summed E-state index contributed by atoms with van der Waals surface area (Å²) in [5.41, 5.74) is -0.638. The molecule has 2 aromatic rings. The molecule has 2 rings (SSSR count). The van der Waals surface area contributed by atoms with Gasteiger partial charge in [-0.25, -0.2) is 0 Å². The summed E-state index contributed by atoms with van der Waals surface area (Å²) in [7, 11) is -1.25. The molecule has 0 saturated heterocycles.